The lowest BCUT2D eigenvalue weighted by molar-refractivity contribution is -0.720. The van der Waals surface area contributed by atoms with Gasteiger partial charge in [0, 0.05) is 0 Å². The fourth-order valence-corrected chi connectivity index (χ4v) is 1.83. The van der Waals surface area contributed by atoms with Crippen molar-refractivity contribution < 1.29 is 9.19 Å². The molecule has 102 valence electrons. The van der Waals surface area contributed by atoms with Crippen LogP contribution in [-0.2, 0) is 13.1 Å². The molecule has 0 aliphatic rings. The van der Waals surface area contributed by atoms with Crippen molar-refractivity contribution in [2.24, 2.45) is 0 Å². The number of unbranched alkanes of at least 4 members (excludes halogenated alkanes) is 2. The molecule has 19 heavy (non-hydrogen) atoms. The molecule has 0 fully saturated rings. The Bertz CT molecular complexity index is 448. The van der Waals surface area contributed by atoms with E-state index in [2.05, 4.69) is 33.2 Å². The average Bonchev–Trinajstić information content (AvgIpc) is 3.04. The number of nitrogens with zero attached hydrogens (tertiary/aromatic N) is 6. The Morgan fingerprint density at radius 3 is 1.79 bits per heavy atom. The van der Waals surface area contributed by atoms with Gasteiger partial charge in [0.05, 0.1) is 13.1 Å². The van der Waals surface area contributed by atoms with E-state index >= 15 is 0 Å². The second-order valence-corrected chi connectivity index (χ2v) is 4.75. The van der Waals surface area contributed by atoms with Gasteiger partial charge in [0.1, 0.15) is 0 Å². The van der Waals surface area contributed by atoms with E-state index in [0.29, 0.717) is 0 Å². The highest BCUT2D eigenvalue weighted by atomic mass is 15.4. The third kappa shape index (κ3) is 4.19. The summed E-state index contributed by atoms with van der Waals surface area (Å²) in [7, 11) is 1.87. The molecule has 2 aromatic heterocycles. The third-order valence-electron chi connectivity index (χ3n) is 2.98. The van der Waals surface area contributed by atoms with Gasteiger partial charge in [0.15, 0.2) is 0 Å². The van der Waals surface area contributed by atoms with Crippen molar-refractivity contribution in [2.45, 2.75) is 52.6 Å². The van der Waals surface area contributed by atoms with Crippen LogP contribution in [0.5, 0.6) is 0 Å². The van der Waals surface area contributed by atoms with Gasteiger partial charge in [0.25, 0.3) is 7.55 Å². The van der Waals surface area contributed by atoms with Crippen LogP contribution < -0.4 is 9.19 Å². The van der Waals surface area contributed by atoms with Crippen LogP contribution in [0.2, 0.25) is 0 Å². The Morgan fingerprint density at radius 1 is 0.895 bits per heavy atom. The quantitative estimate of drug-likeness (QED) is 0.636. The Balaban J connectivity index is 1.89. The first-order chi connectivity index (χ1) is 9.31. The Labute approximate surface area is 115 Å². The molecule has 0 aliphatic heterocycles. The standard InChI is InChI=1S/C12H22BN6/c1-3-5-7-16-9-14-18(11-16)13-19-12-17(10-15-19)8-6-4-2/h9-12H,3-8H2,1-2H3/q+1. The van der Waals surface area contributed by atoms with E-state index in [9.17, 15) is 0 Å². The molecule has 0 spiro atoms. The zero-order valence-corrected chi connectivity index (χ0v) is 11.8. The van der Waals surface area contributed by atoms with Gasteiger partial charge in [-0.05, 0) is 12.8 Å². The summed E-state index contributed by atoms with van der Waals surface area (Å²) in [4.78, 5) is 0. The van der Waals surface area contributed by atoms with E-state index in [1.165, 1.54) is 25.7 Å². The number of rotatable bonds is 8. The Hall–Kier alpha value is -1.66. The van der Waals surface area contributed by atoms with Crippen LogP contribution in [0.15, 0.2) is 25.3 Å². The van der Waals surface area contributed by atoms with Crippen molar-refractivity contribution in [1.82, 2.24) is 19.3 Å². The monoisotopic (exact) mass is 261 g/mol. The van der Waals surface area contributed by atoms with Crippen LogP contribution >= 0.6 is 0 Å². The number of hydrogen-bond acceptors (Lipinski definition) is 2. The summed E-state index contributed by atoms with van der Waals surface area (Å²) in [5, 5.41) is 8.58. The molecule has 0 N–H and O–H groups in total. The average molecular weight is 261 g/mol. The number of aromatic nitrogens is 6. The highest BCUT2D eigenvalue weighted by Gasteiger charge is 2.04. The van der Waals surface area contributed by atoms with Crippen molar-refractivity contribution in [3.63, 3.8) is 0 Å². The molecule has 0 bridgehead atoms. The molecule has 2 aromatic rings. The molecule has 0 aromatic carbocycles. The molecule has 2 heterocycles. The third-order valence-corrected chi connectivity index (χ3v) is 2.98. The summed E-state index contributed by atoms with van der Waals surface area (Å²) in [6.45, 7) is 6.41. The van der Waals surface area contributed by atoms with Crippen LogP contribution in [0.3, 0.4) is 0 Å². The maximum absolute atomic E-state index is 4.29. The van der Waals surface area contributed by atoms with E-state index in [-0.39, 0.29) is 0 Å². The topological polar surface area (TPSA) is 43.4 Å². The van der Waals surface area contributed by atoms with Crippen molar-refractivity contribution in [3.05, 3.63) is 25.3 Å². The molecule has 2 rings (SSSR count). The van der Waals surface area contributed by atoms with Gasteiger partial charge in [0.2, 0.25) is 25.3 Å². The van der Waals surface area contributed by atoms with Gasteiger partial charge < -0.3 is 9.19 Å². The molecule has 0 saturated heterocycles. The minimum Gasteiger partial charge on any atom is -0.339 e. The predicted octanol–water partition coefficient (Wildman–Crippen LogP) is 0.185. The number of hydrogen-bond donors (Lipinski definition) is 0. The Kier molecular flexibility index (Phi) is 5.12. The minimum absolute atomic E-state index is 1.01. The lowest BCUT2D eigenvalue weighted by Gasteiger charge is -2.00. The molecule has 0 unspecified atom stereocenters. The van der Waals surface area contributed by atoms with Gasteiger partial charge in [-0.2, -0.15) is 0 Å². The summed E-state index contributed by atoms with van der Waals surface area (Å²) in [6.07, 6.45) is 12.4. The molecule has 0 amide bonds. The largest absolute Gasteiger partial charge is 0.339 e. The zero-order chi connectivity index (χ0) is 13.5. The second kappa shape index (κ2) is 7.06. The lowest BCUT2D eigenvalue weighted by atomic mass is 10.2. The summed E-state index contributed by atoms with van der Waals surface area (Å²) >= 11 is 0. The first-order valence-electron chi connectivity index (χ1n) is 7.03. The van der Waals surface area contributed by atoms with Gasteiger partial charge in [-0.15, -0.1) is 0 Å². The SMILES string of the molecule is CCCCn1cn[n+]([B-][n+]2cn(CCCC)cn2)c1. The summed E-state index contributed by atoms with van der Waals surface area (Å²) in [5.74, 6) is 0. The van der Waals surface area contributed by atoms with Gasteiger partial charge in [-0.1, -0.05) is 36.9 Å². The van der Waals surface area contributed by atoms with E-state index in [1.54, 1.807) is 9.19 Å². The fourth-order valence-electron chi connectivity index (χ4n) is 1.83. The summed E-state index contributed by atoms with van der Waals surface area (Å²) < 4.78 is 7.75. The van der Waals surface area contributed by atoms with Crippen molar-refractivity contribution in [1.29, 1.82) is 0 Å². The second-order valence-electron chi connectivity index (χ2n) is 4.75. The van der Waals surface area contributed by atoms with Crippen molar-refractivity contribution >= 4 is 7.55 Å². The predicted molar refractivity (Wildman–Crippen MR) is 71.2 cm³/mol. The number of aryl methyl sites for hydroxylation is 2. The molecule has 2 radical (unpaired) electrons. The van der Waals surface area contributed by atoms with E-state index in [4.69, 9.17) is 0 Å². The van der Waals surface area contributed by atoms with Crippen LogP contribution in [0.1, 0.15) is 39.5 Å². The van der Waals surface area contributed by atoms with E-state index in [1.807, 2.05) is 32.9 Å². The molecule has 0 atom stereocenters. The zero-order valence-electron chi connectivity index (χ0n) is 11.8. The summed E-state index contributed by atoms with van der Waals surface area (Å²) in [5.41, 5.74) is 0. The van der Waals surface area contributed by atoms with Crippen LogP contribution in [0.25, 0.3) is 0 Å². The molecule has 0 saturated carbocycles. The van der Waals surface area contributed by atoms with E-state index in [0.717, 1.165) is 13.1 Å². The summed E-state index contributed by atoms with van der Waals surface area (Å²) in [6, 6.07) is 0. The normalized spacial score (nSPS) is 11.1. The van der Waals surface area contributed by atoms with Gasteiger partial charge in [-0.3, -0.25) is 0 Å². The molecular weight excluding hydrogens is 239 g/mol. The minimum atomic E-state index is 1.01. The first-order valence-corrected chi connectivity index (χ1v) is 7.03. The van der Waals surface area contributed by atoms with Crippen molar-refractivity contribution in [2.75, 3.05) is 0 Å². The van der Waals surface area contributed by atoms with Crippen molar-refractivity contribution in [3.8, 4) is 0 Å². The van der Waals surface area contributed by atoms with Crippen LogP contribution in [0, 0.1) is 0 Å². The van der Waals surface area contributed by atoms with E-state index < -0.39 is 0 Å². The maximum Gasteiger partial charge on any atom is 0.280 e. The molecule has 0 aliphatic carbocycles. The highest BCUT2D eigenvalue weighted by Crippen LogP contribution is 1.91. The van der Waals surface area contributed by atoms with Crippen LogP contribution in [-0.4, -0.2) is 26.9 Å². The van der Waals surface area contributed by atoms with Gasteiger partial charge in [-0.25, -0.2) is 9.13 Å². The molecule has 7 heteroatoms. The maximum atomic E-state index is 4.29. The lowest BCUT2D eigenvalue weighted by Crippen LogP contribution is -2.60. The van der Waals surface area contributed by atoms with Crippen LogP contribution in [0.4, 0.5) is 0 Å². The molecule has 6 nitrogen and oxygen atoms in total. The first kappa shape index (κ1) is 13.8. The molecular formula is C12H22BN6+. The Morgan fingerprint density at radius 2 is 1.37 bits per heavy atom. The highest BCUT2D eigenvalue weighted by molar-refractivity contribution is 6.11. The van der Waals surface area contributed by atoms with Gasteiger partial charge >= 0.3 is 0 Å². The fraction of sp³-hybridized carbons (Fsp3) is 0.667. The smallest absolute Gasteiger partial charge is 0.280 e.